The second kappa shape index (κ2) is 5.03. The van der Waals surface area contributed by atoms with Crippen LogP contribution in [0.2, 0.25) is 0 Å². The van der Waals surface area contributed by atoms with Crippen LogP contribution in [0, 0.1) is 0 Å². The van der Waals surface area contributed by atoms with Gasteiger partial charge in [0.25, 0.3) is 0 Å². The average molecular weight is 309 g/mol. The molecule has 0 fully saturated rings. The van der Waals surface area contributed by atoms with E-state index in [2.05, 4.69) is 0 Å². The fourth-order valence-electron chi connectivity index (χ4n) is 3.26. The summed E-state index contributed by atoms with van der Waals surface area (Å²) in [5, 5.41) is 19.8. The lowest BCUT2D eigenvalue weighted by Crippen LogP contribution is -2.57. The van der Waals surface area contributed by atoms with Crippen LogP contribution >= 0.6 is 0 Å². The van der Waals surface area contributed by atoms with Crippen LogP contribution in [0.4, 0.5) is 0 Å². The number of benzene rings is 1. The molecule has 2 unspecified atom stereocenters. The van der Waals surface area contributed by atoms with Crippen LogP contribution in [0.3, 0.4) is 0 Å². The summed E-state index contributed by atoms with van der Waals surface area (Å²) in [4.78, 5) is 12.6. The summed E-state index contributed by atoms with van der Waals surface area (Å²) in [5.41, 5.74) is -0.219. The van der Waals surface area contributed by atoms with E-state index >= 15 is 0 Å². The molecule has 2 heterocycles. The normalized spacial score (nSPS) is 24.8. The minimum absolute atomic E-state index is 0.119. The summed E-state index contributed by atoms with van der Waals surface area (Å²) < 4.78 is 16.8. The zero-order valence-corrected chi connectivity index (χ0v) is 12.7. The van der Waals surface area contributed by atoms with Gasteiger partial charge in [0.2, 0.25) is 12.5 Å². The molecule has 7 heteroatoms. The molecule has 22 heavy (non-hydrogen) atoms. The molecule has 0 amide bonds. The van der Waals surface area contributed by atoms with Crippen LogP contribution < -0.4 is 14.2 Å². The van der Waals surface area contributed by atoms with E-state index < -0.39 is 23.7 Å². The first-order valence-corrected chi connectivity index (χ1v) is 7.03. The third-order valence-corrected chi connectivity index (χ3v) is 4.08. The number of hydrogen-bond donors (Lipinski definition) is 2. The van der Waals surface area contributed by atoms with Crippen molar-refractivity contribution in [1.82, 2.24) is 4.90 Å². The lowest BCUT2D eigenvalue weighted by molar-refractivity contribution is -0.142. The molecule has 7 nitrogen and oxygen atoms in total. The van der Waals surface area contributed by atoms with E-state index in [0.29, 0.717) is 22.8 Å². The van der Waals surface area contributed by atoms with Crippen LogP contribution in [0.15, 0.2) is 12.1 Å². The van der Waals surface area contributed by atoms with E-state index in [9.17, 15) is 9.90 Å². The van der Waals surface area contributed by atoms with Gasteiger partial charge in [-0.1, -0.05) is 0 Å². The van der Waals surface area contributed by atoms with Crippen LogP contribution in [-0.2, 0) is 4.79 Å². The van der Waals surface area contributed by atoms with E-state index in [1.54, 1.807) is 24.1 Å². The summed E-state index contributed by atoms with van der Waals surface area (Å²) in [5.74, 6) is 0.581. The molecule has 2 atom stereocenters. The molecule has 3 rings (SSSR count). The van der Waals surface area contributed by atoms with Gasteiger partial charge in [-0.05, 0) is 33.0 Å². The lowest BCUT2D eigenvalue weighted by Gasteiger charge is -2.46. The first-order valence-electron chi connectivity index (χ1n) is 7.03. The van der Waals surface area contributed by atoms with E-state index in [0.717, 1.165) is 0 Å². The second-order valence-corrected chi connectivity index (χ2v) is 6.12. The number of aliphatic carboxylic acids is 1. The molecular formula is C15H19NO6. The smallest absolute Gasteiger partial charge is 0.317 e. The van der Waals surface area contributed by atoms with Gasteiger partial charge in [-0.2, -0.15) is 0 Å². The van der Waals surface area contributed by atoms with Crippen molar-refractivity contribution in [3.8, 4) is 17.2 Å². The summed E-state index contributed by atoms with van der Waals surface area (Å²) in [6.45, 7) is 3.57. The predicted molar refractivity (Wildman–Crippen MR) is 76.3 cm³/mol. The van der Waals surface area contributed by atoms with Crippen molar-refractivity contribution in [2.75, 3.05) is 20.4 Å². The zero-order chi connectivity index (χ0) is 16.1. The Hall–Kier alpha value is -1.99. The molecule has 0 saturated heterocycles. The Morgan fingerprint density at radius 3 is 2.77 bits per heavy atom. The number of aliphatic hydroxyl groups is 1. The fourth-order valence-corrected chi connectivity index (χ4v) is 3.26. The van der Waals surface area contributed by atoms with E-state index in [-0.39, 0.29) is 13.3 Å². The van der Waals surface area contributed by atoms with Gasteiger partial charge in [0, 0.05) is 5.56 Å². The largest absolute Gasteiger partial charge is 0.482 e. The molecule has 1 aromatic rings. The molecule has 0 saturated carbocycles. The number of aliphatic hydroxyl groups excluding tert-OH is 1. The SMILES string of the molecule is CN(CC(=O)O)C1C(O)c2ccc3c(c2OC1(C)C)OCO3. The van der Waals surface area contributed by atoms with Gasteiger partial charge in [0.15, 0.2) is 11.5 Å². The number of hydrogen-bond acceptors (Lipinski definition) is 6. The Labute approximate surface area is 128 Å². The van der Waals surface area contributed by atoms with Crippen molar-refractivity contribution < 1.29 is 29.2 Å². The predicted octanol–water partition coefficient (Wildman–Crippen LogP) is 1.00. The highest BCUT2D eigenvalue weighted by molar-refractivity contribution is 5.69. The number of carboxylic acids is 1. The average Bonchev–Trinajstić information content (AvgIpc) is 2.85. The van der Waals surface area contributed by atoms with E-state index in [1.165, 1.54) is 0 Å². The van der Waals surface area contributed by atoms with Crippen LogP contribution in [0.25, 0.3) is 0 Å². The fraction of sp³-hybridized carbons (Fsp3) is 0.533. The molecule has 1 aromatic carbocycles. The van der Waals surface area contributed by atoms with Gasteiger partial charge in [-0.3, -0.25) is 9.69 Å². The first kappa shape index (κ1) is 14.9. The molecule has 2 aliphatic heterocycles. The highest BCUT2D eigenvalue weighted by Crippen LogP contribution is 2.51. The molecule has 2 aliphatic rings. The Kier molecular flexibility index (Phi) is 3.41. The number of ether oxygens (including phenoxy) is 3. The summed E-state index contributed by atoms with van der Waals surface area (Å²) in [6.07, 6.45) is -0.891. The quantitative estimate of drug-likeness (QED) is 0.861. The highest BCUT2D eigenvalue weighted by atomic mass is 16.7. The number of carbonyl (C=O) groups is 1. The second-order valence-electron chi connectivity index (χ2n) is 6.12. The topological polar surface area (TPSA) is 88.5 Å². The molecule has 2 N–H and O–H groups in total. The maximum absolute atomic E-state index is 11.0. The van der Waals surface area contributed by atoms with Crippen LogP contribution in [-0.4, -0.2) is 53.1 Å². The summed E-state index contributed by atoms with van der Waals surface area (Å²) >= 11 is 0. The monoisotopic (exact) mass is 309 g/mol. The Bertz CT molecular complexity index is 614. The Morgan fingerprint density at radius 1 is 1.36 bits per heavy atom. The zero-order valence-electron chi connectivity index (χ0n) is 12.7. The number of carboxylic acid groups (broad SMARTS) is 1. The van der Waals surface area contributed by atoms with Gasteiger partial charge in [0.1, 0.15) is 11.7 Å². The van der Waals surface area contributed by atoms with Crippen LogP contribution in [0.1, 0.15) is 25.5 Å². The van der Waals surface area contributed by atoms with Crippen LogP contribution in [0.5, 0.6) is 17.2 Å². The van der Waals surface area contributed by atoms with E-state index in [4.69, 9.17) is 19.3 Å². The van der Waals surface area contributed by atoms with Gasteiger partial charge in [-0.25, -0.2) is 0 Å². The van der Waals surface area contributed by atoms with Crippen molar-refractivity contribution >= 4 is 5.97 Å². The maximum atomic E-state index is 11.0. The molecule has 0 aromatic heterocycles. The number of nitrogens with zero attached hydrogens (tertiary/aromatic N) is 1. The summed E-state index contributed by atoms with van der Waals surface area (Å²) in [6, 6.07) is 2.95. The minimum Gasteiger partial charge on any atom is -0.482 e. The lowest BCUT2D eigenvalue weighted by atomic mass is 9.85. The first-order chi connectivity index (χ1) is 10.3. The van der Waals surface area contributed by atoms with Crippen molar-refractivity contribution in [1.29, 1.82) is 0 Å². The number of fused-ring (bicyclic) bond motifs is 3. The Morgan fingerprint density at radius 2 is 2.09 bits per heavy atom. The van der Waals surface area contributed by atoms with Gasteiger partial charge < -0.3 is 24.4 Å². The number of rotatable bonds is 3. The third kappa shape index (κ3) is 2.26. The van der Waals surface area contributed by atoms with Gasteiger partial charge in [0.05, 0.1) is 12.6 Å². The van der Waals surface area contributed by atoms with Gasteiger partial charge in [-0.15, -0.1) is 0 Å². The standard InChI is InChI=1S/C15H19NO6/c1-15(2)14(16(3)6-10(17)18)11(19)8-4-5-9-13(12(8)22-15)21-7-20-9/h4-5,11,14,19H,6-7H2,1-3H3,(H,17,18). The van der Waals surface area contributed by atoms with Crippen molar-refractivity contribution in [3.05, 3.63) is 17.7 Å². The Balaban J connectivity index is 2.01. The third-order valence-electron chi connectivity index (χ3n) is 4.08. The molecule has 0 radical (unpaired) electrons. The molecule has 120 valence electrons. The van der Waals surface area contributed by atoms with Crippen molar-refractivity contribution in [3.63, 3.8) is 0 Å². The van der Waals surface area contributed by atoms with Crippen molar-refractivity contribution in [2.45, 2.75) is 31.6 Å². The molecular weight excluding hydrogens is 290 g/mol. The highest BCUT2D eigenvalue weighted by Gasteiger charge is 2.47. The molecule has 0 bridgehead atoms. The summed E-state index contributed by atoms with van der Waals surface area (Å²) in [7, 11) is 1.66. The van der Waals surface area contributed by atoms with Crippen molar-refractivity contribution in [2.24, 2.45) is 0 Å². The maximum Gasteiger partial charge on any atom is 0.317 e. The molecule has 0 aliphatic carbocycles. The number of likely N-dealkylation sites (N-methyl/N-ethyl adjacent to an activating group) is 1. The van der Waals surface area contributed by atoms with Gasteiger partial charge >= 0.3 is 5.97 Å². The van der Waals surface area contributed by atoms with E-state index in [1.807, 2.05) is 13.8 Å². The minimum atomic E-state index is -0.956. The molecule has 0 spiro atoms.